The minimum atomic E-state index is 0.151. The standard InChI is InChI=1S/C17H27N3O/c21-9-16(4-15-8-18-11-20-15)19-10-17-5-12-1-13(6-17)3-14(2-12)7-17/h8,11-14,16,19,21H,1-7,9-10H2,(H,18,20)/t12?,13?,14?,16-,17?/m0/s1. The molecule has 116 valence electrons. The van der Waals surface area contributed by atoms with E-state index in [4.69, 9.17) is 0 Å². The van der Waals surface area contributed by atoms with Gasteiger partial charge in [-0.15, -0.1) is 0 Å². The van der Waals surface area contributed by atoms with E-state index < -0.39 is 0 Å². The SMILES string of the molecule is OC[C@H](Cc1cnc[nH]1)NCC12CC3CC(CC(C3)C1)C2. The van der Waals surface area contributed by atoms with E-state index in [-0.39, 0.29) is 12.6 Å². The smallest absolute Gasteiger partial charge is 0.0921 e. The number of aromatic amines is 1. The Morgan fingerprint density at radius 1 is 1.24 bits per heavy atom. The van der Waals surface area contributed by atoms with Crippen molar-refractivity contribution in [3.63, 3.8) is 0 Å². The van der Waals surface area contributed by atoms with Crippen LogP contribution in [0.15, 0.2) is 12.5 Å². The summed E-state index contributed by atoms with van der Waals surface area (Å²) in [5.74, 6) is 3.00. The Kier molecular flexibility index (Phi) is 3.54. The van der Waals surface area contributed by atoms with Crippen LogP contribution in [-0.4, -0.2) is 34.3 Å². The van der Waals surface area contributed by atoms with Gasteiger partial charge in [0.1, 0.15) is 0 Å². The third kappa shape index (κ3) is 2.76. The Labute approximate surface area is 126 Å². The average molecular weight is 289 g/mol. The predicted molar refractivity (Wildman–Crippen MR) is 81.8 cm³/mol. The lowest BCUT2D eigenvalue weighted by molar-refractivity contribution is -0.0530. The van der Waals surface area contributed by atoms with Crippen LogP contribution in [0, 0.1) is 23.2 Å². The van der Waals surface area contributed by atoms with Crippen LogP contribution in [0.4, 0.5) is 0 Å². The molecule has 0 aromatic carbocycles. The summed E-state index contributed by atoms with van der Waals surface area (Å²) in [5.41, 5.74) is 1.64. The van der Waals surface area contributed by atoms with Crippen molar-refractivity contribution >= 4 is 0 Å². The van der Waals surface area contributed by atoms with Gasteiger partial charge in [-0.2, -0.15) is 0 Å². The number of H-pyrrole nitrogens is 1. The van der Waals surface area contributed by atoms with E-state index in [1.54, 1.807) is 6.33 Å². The average Bonchev–Trinajstić information content (AvgIpc) is 2.95. The summed E-state index contributed by atoms with van der Waals surface area (Å²) in [6.07, 6.45) is 13.2. The third-order valence-electron chi connectivity index (χ3n) is 6.17. The lowest BCUT2D eigenvalue weighted by Crippen LogP contribution is -2.52. The Bertz CT molecular complexity index is 435. The van der Waals surface area contributed by atoms with E-state index in [2.05, 4.69) is 15.3 Å². The maximum atomic E-state index is 9.64. The van der Waals surface area contributed by atoms with E-state index in [0.29, 0.717) is 5.41 Å². The van der Waals surface area contributed by atoms with Gasteiger partial charge in [0.25, 0.3) is 0 Å². The number of aromatic nitrogens is 2. The highest BCUT2D eigenvalue weighted by atomic mass is 16.3. The topological polar surface area (TPSA) is 60.9 Å². The van der Waals surface area contributed by atoms with E-state index in [0.717, 1.165) is 36.4 Å². The van der Waals surface area contributed by atoms with Gasteiger partial charge in [-0.3, -0.25) is 0 Å². The zero-order chi connectivity index (χ0) is 14.3. The summed E-state index contributed by atoms with van der Waals surface area (Å²) in [6, 6.07) is 0.151. The van der Waals surface area contributed by atoms with E-state index in [9.17, 15) is 5.11 Å². The van der Waals surface area contributed by atoms with Crippen molar-refractivity contribution in [1.29, 1.82) is 0 Å². The first-order valence-electron chi connectivity index (χ1n) is 8.56. The fourth-order valence-corrected chi connectivity index (χ4v) is 5.73. The number of hydrogen-bond acceptors (Lipinski definition) is 3. The van der Waals surface area contributed by atoms with Crippen LogP contribution < -0.4 is 5.32 Å². The van der Waals surface area contributed by atoms with Crippen molar-refractivity contribution in [3.05, 3.63) is 18.2 Å². The zero-order valence-electron chi connectivity index (χ0n) is 12.7. The zero-order valence-corrected chi connectivity index (χ0v) is 12.7. The van der Waals surface area contributed by atoms with Gasteiger partial charge < -0.3 is 15.4 Å². The van der Waals surface area contributed by atoms with Crippen LogP contribution >= 0.6 is 0 Å². The molecule has 4 bridgehead atoms. The second kappa shape index (κ2) is 5.40. The second-order valence-electron chi connectivity index (χ2n) is 7.96. The van der Waals surface area contributed by atoms with Gasteiger partial charge in [-0.05, 0) is 61.7 Å². The third-order valence-corrected chi connectivity index (χ3v) is 6.17. The summed E-state index contributed by atoms with van der Waals surface area (Å²) >= 11 is 0. The monoisotopic (exact) mass is 289 g/mol. The summed E-state index contributed by atoms with van der Waals surface area (Å²) in [4.78, 5) is 7.19. The number of imidazole rings is 1. The predicted octanol–water partition coefficient (Wildman–Crippen LogP) is 2.12. The first-order valence-corrected chi connectivity index (χ1v) is 8.56. The molecular weight excluding hydrogens is 262 g/mol. The fraction of sp³-hybridized carbons (Fsp3) is 0.824. The minimum absolute atomic E-state index is 0.151. The molecule has 0 radical (unpaired) electrons. The van der Waals surface area contributed by atoms with Gasteiger partial charge in [0.05, 0.1) is 12.9 Å². The highest BCUT2D eigenvalue weighted by Crippen LogP contribution is 2.59. The molecule has 1 aromatic heterocycles. The molecule has 0 aliphatic heterocycles. The molecule has 21 heavy (non-hydrogen) atoms. The minimum Gasteiger partial charge on any atom is -0.395 e. The van der Waals surface area contributed by atoms with Gasteiger partial charge in [0.15, 0.2) is 0 Å². The van der Waals surface area contributed by atoms with Crippen LogP contribution in [-0.2, 0) is 6.42 Å². The van der Waals surface area contributed by atoms with Crippen molar-refractivity contribution in [2.24, 2.45) is 23.2 Å². The molecule has 0 saturated heterocycles. The molecule has 1 heterocycles. The van der Waals surface area contributed by atoms with Gasteiger partial charge in [-0.1, -0.05) is 0 Å². The molecule has 4 nitrogen and oxygen atoms in total. The van der Waals surface area contributed by atoms with Crippen molar-refractivity contribution in [3.8, 4) is 0 Å². The Morgan fingerprint density at radius 3 is 2.43 bits per heavy atom. The molecule has 1 atom stereocenters. The molecule has 4 aliphatic carbocycles. The molecule has 0 spiro atoms. The van der Waals surface area contributed by atoms with Gasteiger partial charge >= 0.3 is 0 Å². The molecule has 3 N–H and O–H groups in total. The van der Waals surface area contributed by atoms with Crippen LogP contribution in [0.2, 0.25) is 0 Å². The number of nitrogens with zero attached hydrogens (tertiary/aromatic N) is 1. The fourth-order valence-electron chi connectivity index (χ4n) is 5.73. The number of nitrogens with one attached hydrogen (secondary N) is 2. The molecule has 5 rings (SSSR count). The van der Waals surface area contributed by atoms with Gasteiger partial charge in [0, 0.05) is 30.9 Å². The maximum absolute atomic E-state index is 9.64. The highest BCUT2D eigenvalue weighted by Gasteiger charge is 2.50. The number of hydrogen-bond donors (Lipinski definition) is 3. The Hall–Kier alpha value is -0.870. The molecule has 4 saturated carbocycles. The molecule has 4 aliphatic rings. The van der Waals surface area contributed by atoms with E-state index >= 15 is 0 Å². The van der Waals surface area contributed by atoms with Crippen molar-refractivity contribution < 1.29 is 5.11 Å². The quantitative estimate of drug-likeness (QED) is 0.752. The lowest BCUT2D eigenvalue weighted by Gasteiger charge is -2.57. The van der Waals surface area contributed by atoms with Crippen molar-refractivity contribution in [1.82, 2.24) is 15.3 Å². The van der Waals surface area contributed by atoms with Gasteiger partial charge in [-0.25, -0.2) is 4.98 Å². The van der Waals surface area contributed by atoms with Crippen molar-refractivity contribution in [2.75, 3.05) is 13.2 Å². The van der Waals surface area contributed by atoms with Crippen LogP contribution in [0.5, 0.6) is 0 Å². The summed E-state index contributed by atoms with van der Waals surface area (Å²) < 4.78 is 0. The Morgan fingerprint density at radius 2 is 1.90 bits per heavy atom. The van der Waals surface area contributed by atoms with Crippen LogP contribution in [0.25, 0.3) is 0 Å². The Balaban J connectivity index is 1.37. The summed E-state index contributed by atoms with van der Waals surface area (Å²) in [7, 11) is 0. The molecule has 4 heteroatoms. The molecular formula is C17H27N3O. The normalized spacial score (nSPS) is 38.8. The summed E-state index contributed by atoms with van der Waals surface area (Å²) in [5, 5.41) is 13.3. The van der Waals surface area contributed by atoms with E-state index in [1.807, 2.05) is 6.20 Å². The van der Waals surface area contributed by atoms with Crippen LogP contribution in [0.1, 0.15) is 44.2 Å². The molecule has 4 fully saturated rings. The highest BCUT2D eigenvalue weighted by molar-refractivity contribution is 5.03. The summed E-state index contributed by atoms with van der Waals surface area (Å²) in [6.45, 7) is 1.29. The number of rotatable bonds is 6. The van der Waals surface area contributed by atoms with E-state index in [1.165, 1.54) is 38.5 Å². The first-order chi connectivity index (χ1) is 10.2. The molecule has 0 amide bonds. The number of aliphatic hydroxyl groups is 1. The maximum Gasteiger partial charge on any atom is 0.0921 e. The number of aliphatic hydroxyl groups excluding tert-OH is 1. The first kappa shape index (κ1) is 13.8. The van der Waals surface area contributed by atoms with Gasteiger partial charge in [0.2, 0.25) is 0 Å². The molecule has 1 aromatic rings. The second-order valence-corrected chi connectivity index (χ2v) is 7.96. The van der Waals surface area contributed by atoms with Crippen molar-refractivity contribution in [2.45, 2.75) is 51.0 Å². The van der Waals surface area contributed by atoms with Crippen LogP contribution in [0.3, 0.4) is 0 Å². The largest absolute Gasteiger partial charge is 0.395 e. The molecule has 0 unspecified atom stereocenters. The lowest BCUT2D eigenvalue weighted by atomic mass is 9.49.